The second-order valence-corrected chi connectivity index (χ2v) is 8.00. The van der Waals surface area contributed by atoms with Crippen molar-refractivity contribution in [2.24, 2.45) is 5.73 Å². The zero-order chi connectivity index (χ0) is 23.6. The quantitative estimate of drug-likeness (QED) is 0.465. The van der Waals surface area contributed by atoms with Gasteiger partial charge in [0.1, 0.15) is 5.75 Å². The Kier molecular flexibility index (Phi) is 6.28. The molecule has 8 nitrogen and oxygen atoms in total. The minimum Gasteiger partial charge on any atom is -0.484 e. The third kappa shape index (κ3) is 5.10. The molecule has 33 heavy (non-hydrogen) atoms. The second-order valence-electron chi connectivity index (χ2n) is 8.00. The summed E-state index contributed by atoms with van der Waals surface area (Å²) in [6, 6.07) is 11.6. The van der Waals surface area contributed by atoms with Crippen LogP contribution in [0.4, 0.5) is 18.9 Å². The first-order chi connectivity index (χ1) is 15.7. The normalized spacial score (nSPS) is 13.9. The highest BCUT2D eigenvalue weighted by Gasteiger charge is 2.31. The third-order valence-corrected chi connectivity index (χ3v) is 5.43. The van der Waals surface area contributed by atoms with Crippen LogP contribution < -0.4 is 15.4 Å². The lowest BCUT2D eigenvalue weighted by Crippen LogP contribution is -2.55. The Hall–Kier alpha value is -3.15. The number of anilines is 1. The number of aromatic nitrogens is 2. The Labute approximate surface area is 187 Å². The fraction of sp³-hybridized carbons (Fsp3) is 0.364. The number of ether oxygens (including phenoxy) is 1. The van der Waals surface area contributed by atoms with Crippen LogP contribution in [0.5, 0.6) is 5.75 Å². The van der Waals surface area contributed by atoms with Gasteiger partial charge in [-0.25, -0.2) is 0 Å². The highest BCUT2D eigenvalue weighted by atomic mass is 19.4. The number of benzene rings is 2. The van der Waals surface area contributed by atoms with E-state index in [0.29, 0.717) is 24.4 Å². The Bertz CT molecular complexity index is 1100. The molecular weight excluding hydrogens is 441 g/mol. The number of halogens is 3. The number of aliphatic hydroxyl groups is 2. The van der Waals surface area contributed by atoms with Crippen LogP contribution in [0.1, 0.15) is 5.56 Å². The van der Waals surface area contributed by atoms with Crippen LogP contribution >= 0.6 is 0 Å². The van der Waals surface area contributed by atoms with Gasteiger partial charge in [0.2, 0.25) is 5.82 Å². The van der Waals surface area contributed by atoms with Crippen LogP contribution in [0, 0.1) is 0 Å². The number of hydrogen-bond acceptors (Lipinski definition) is 8. The summed E-state index contributed by atoms with van der Waals surface area (Å²) >= 11 is 0. The number of fused-ring (bicyclic) bond motifs is 1. The van der Waals surface area contributed by atoms with E-state index in [2.05, 4.69) is 10.1 Å². The number of nitrogens with two attached hydrogens (primary N) is 1. The van der Waals surface area contributed by atoms with Gasteiger partial charge in [-0.3, -0.25) is 0 Å². The Morgan fingerprint density at radius 3 is 2.48 bits per heavy atom. The molecule has 2 aromatic carbocycles. The summed E-state index contributed by atoms with van der Waals surface area (Å²) in [5, 5.41) is 23.1. The van der Waals surface area contributed by atoms with E-state index in [-0.39, 0.29) is 31.4 Å². The van der Waals surface area contributed by atoms with E-state index in [1.807, 2.05) is 23.1 Å². The van der Waals surface area contributed by atoms with E-state index < -0.39 is 18.3 Å². The topological polar surface area (TPSA) is 118 Å². The molecule has 0 aliphatic carbocycles. The fourth-order valence-electron chi connectivity index (χ4n) is 3.71. The van der Waals surface area contributed by atoms with Crippen molar-refractivity contribution in [2.75, 3.05) is 37.8 Å². The zero-order valence-electron chi connectivity index (χ0n) is 17.5. The molecule has 4 N–H and O–H groups in total. The van der Waals surface area contributed by atoms with Gasteiger partial charge >= 0.3 is 6.18 Å². The molecule has 1 aliphatic heterocycles. The number of nitrogens with zero attached hydrogens (tertiary/aromatic N) is 3. The smallest absolute Gasteiger partial charge is 0.422 e. The summed E-state index contributed by atoms with van der Waals surface area (Å²) in [5.74, 6) is 0.685. The number of hydrogen-bond donors (Lipinski definition) is 3. The van der Waals surface area contributed by atoms with Crippen molar-refractivity contribution in [3.8, 4) is 28.6 Å². The summed E-state index contributed by atoms with van der Waals surface area (Å²) in [6.07, 6.45) is -3.71. The number of alkyl halides is 3. The molecule has 0 saturated carbocycles. The van der Waals surface area contributed by atoms with Crippen LogP contribution in [0.2, 0.25) is 0 Å². The molecule has 0 amide bonds. The van der Waals surface area contributed by atoms with E-state index in [4.69, 9.17) is 15.0 Å². The lowest BCUT2D eigenvalue weighted by atomic mass is 10.0. The lowest BCUT2D eigenvalue weighted by Gasteiger charge is -2.31. The van der Waals surface area contributed by atoms with Crippen molar-refractivity contribution >= 4 is 5.69 Å². The molecule has 0 fully saturated rings. The van der Waals surface area contributed by atoms with Crippen LogP contribution in [0.15, 0.2) is 47.0 Å². The summed E-state index contributed by atoms with van der Waals surface area (Å²) < 4.78 is 47.0. The van der Waals surface area contributed by atoms with Crippen molar-refractivity contribution in [2.45, 2.75) is 18.1 Å². The first kappa shape index (κ1) is 23.0. The molecule has 0 radical (unpaired) electrons. The van der Waals surface area contributed by atoms with E-state index in [9.17, 15) is 23.4 Å². The van der Waals surface area contributed by atoms with Gasteiger partial charge in [-0.15, -0.1) is 0 Å². The minimum atomic E-state index is -4.41. The van der Waals surface area contributed by atoms with Crippen LogP contribution in [-0.4, -0.2) is 65.0 Å². The molecule has 1 aromatic heterocycles. The summed E-state index contributed by atoms with van der Waals surface area (Å²) in [4.78, 5) is 6.46. The first-order valence-corrected chi connectivity index (χ1v) is 10.2. The average Bonchev–Trinajstić information content (AvgIpc) is 3.45. The van der Waals surface area contributed by atoms with Crippen molar-refractivity contribution in [3.63, 3.8) is 0 Å². The molecule has 11 heteroatoms. The largest absolute Gasteiger partial charge is 0.484 e. The van der Waals surface area contributed by atoms with Gasteiger partial charge < -0.3 is 30.1 Å². The van der Waals surface area contributed by atoms with Gasteiger partial charge in [0.05, 0.1) is 18.8 Å². The van der Waals surface area contributed by atoms with Crippen molar-refractivity contribution in [3.05, 3.63) is 48.0 Å². The van der Waals surface area contributed by atoms with Gasteiger partial charge in [-0.05, 0) is 42.3 Å². The summed E-state index contributed by atoms with van der Waals surface area (Å²) in [6.45, 7) is -1.10. The first-order valence-electron chi connectivity index (χ1n) is 10.2. The lowest BCUT2D eigenvalue weighted by molar-refractivity contribution is -0.153. The van der Waals surface area contributed by atoms with Gasteiger partial charge in [-0.1, -0.05) is 17.3 Å². The van der Waals surface area contributed by atoms with E-state index >= 15 is 0 Å². The van der Waals surface area contributed by atoms with E-state index in [1.54, 1.807) is 12.1 Å². The van der Waals surface area contributed by atoms with Crippen LogP contribution in [-0.2, 0) is 6.42 Å². The van der Waals surface area contributed by atoms with Gasteiger partial charge in [0.25, 0.3) is 5.89 Å². The SMILES string of the molecule is NC(CO)(CO)CN1CCc2c(-c3noc(-c4ccc(OCC(F)(F)F)cc4)n3)cccc21. The van der Waals surface area contributed by atoms with Gasteiger partial charge in [0, 0.05) is 29.9 Å². The van der Waals surface area contributed by atoms with Crippen LogP contribution in [0.25, 0.3) is 22.8 Å². The molecule has 2 heterocycles. The molecule has 0 spiro atoms. The summed E-state index contributed by atoms with van der Waals surface area (Å²) in [7, 11) is 0. The Balaban J connectivity index is 1.53. The number of rotatable bonds is 8. The highest BCUT2D eigenvalue weighted by Crippen LogP contribution is 2.36. The maximum atomic E-state index is 12.3. The molecule has 176 valence electrons. The average molecular weight is 464 g/mol. The fourth-order valence-corrected chi connectivity index (χ4v) is 3.71. The van der Waals surface area contributed by atoms with Crippen molar-refractivity contribution < 1.29 is 32.6 Å². The van der Waals surface area contributed by atoms with Crippen molar-refractivity contribution in [1.29, 1.82) is 0 Å². The molecule has 1 aliphatic rings. The standard InChI is InChI=1S/C22H23F3N4O4/c23-22(24,25)13-32-15-6-4-14(5-7-15)20-27-19(28-33-20)17-2-1-3-18-16(17)8-9-29(18)10-21(26,11-30)12-31/h1-7,30-31H,8-13,26H2. The van der Waals surface area contributed by atoms with E-state index in [0.717, 1.165) is 16.8 Å². The van der Waals surface area contributed by atoms with Crippen LogP contribution in [0.3, 0.4) is 0 Å². The maximum Gasteiger partial charge on any atom is 0.422 e. The Morgan fingerprint density at radius 2 is 1.82 bits per heavy atom. The number of aliphatic hydroxyl groups excluding tert-OH is 2. The molecule has 0 saturated heterocycles. The highest BCUT2D eigenvalue weighted by molar-refractivity contribution is 5.73. The van der Waals surface area contributed by atoms with Gasteiger partial charge in [-0.2, -0.15) is 18.2 Å². The third-order valence-electron chi connectivity index (χ3n) is 5.43. The monoisotopic (exact) mass is 464 g/mol. The molecule has 3 aromatic rings. The molecule has 4 rings (SSSR count). The maximum absolute atomic E-state index is 12.3. The molecule has 0 bridgehead atoms. The molecule has 0 unspecified atom stereocenters. The molecular formula is C22H23F3N4O4. The zero-order valence-corrected chi connectivity index (χ0v) is 17.5. The minimum absolute atomic E-state index is 0.0820. The second kappa shape index (κ2) is 9.00. The predicted molar refractivity (Wildman–Crippen MR) is 114 cm³/mol. The summed E-state index contributed by atoms with van der Waals surface area (Å²) in [5.41, 5.74) is 8.18. The van der Waals surface area contributed by atoms with E-state index in [1.165, 1.54) is 12.1 Å². The predicted octanol–water partition coefficient (Wildman–Crippen LogP) is 2.39. The van der Waals surface area contributed by atoms with Gasteiger partial charge in [0.15, 0.2) is 6.61 Å². The van der Waals surface area contributed by atoms with Crippen molar-refractivity contribution in [1.82, 2.24) is 10.1 Å². The molecule has 0 atom stereocenters. The Morgan fingerprint density at radius 1 is 1.09 bits per heavy atom.